The van der Waals surface area contributed by atoms with E-state index in [1.165, 1.54) is 38.1 Å². The number of rotatable bonds is 7. The second kappa shape index (κ2) is 11.2. The van der Waals surface area contributed by atoms with Gasteiger partial charge in [-0.1, -0.05) is 6.07 Å². The summed E-state index contributed by atoms with van der Waals surface area (Å²) >= 11 is 0. The number of carbonyl (C=O) groups excluding carboxylic acids is 1. The number of aliphatic hydroxyl groups excluding tert-OH is 7. The maximum Gasteiger partial charge on any atom is 0.247 e. The summed E-state index contributed by atoms with van der Waals surface area (Å²) in [4.78, 5) is 12.5. The van der Waals surface area contributed by atoms with E-state index in [1.54, 1.807) is 0 Å². The van der Waals surface area contributed by atoms with Gasteiger partial charge in [-0.05, 0) is 37.6 Å². The smallest absolute Gasteiger partial charge is 0.247 e. The van der Waals surface area contributed by atoms with Gasteiger partial charge in [0.25, 0.3) is 0 Å². The molecule has 0 spiro atoms. The lowest BCUT2D eigenvalue weighted by atomic mass is 9.96. The van der Waals surface area contributed by atoms with Crippen LogP contribution in [0.1, 0.15) is 19.4 Å². The summed E-state index contributed by atoms with van der Waals surface area (Å²) < 4.78 is 15.7. The Kier molecular flexibility index (Phi) is 8.69. The molecule has 2 saturated heterocycles. The number of aliphatic hydroxyl groups is 7. The molecule has 9 N–H and O–H groups in total. The molecule has 13 nitrogen and oxygen atoms in total. The minimum atomic E-state index is -1.66. The monoisotopic (exact) mass is 501 g/mol. The maximum atomic E-state index is 12.5. The van der Waals surface area contributed by atoms with Crippen LogP contribution in [0.5, 0.6) is 11.5 Å². The molecule has 1 amide bonds. The number of amides is 1. The first kappa shape index (κ1) is 27.3. The van der Waals surface area contributed by atoms with Gasteiger partial charge in [-0.2, -0.15) is 0 Å². The number of hydrogen-bond donors (Lipinski definition) is 9. The van der Waals surface area contributed by atoms with Crippen LogP contribution in [0.15, 0.2) is 23.8 Å². The second-order valence-corrected chi connectivity index (χ2v) is 8.59. The molecule has 2 aliphatic heterocycles. The summed E-state index contributed by atoms with van der Waals surface area (Å²) in [7, 11) is 0. The Hall–Kier alpha value is -2.33. The summed E-state index contributed by atoms with van der Waals surface area (Å²) in [6.07, 6.45) is -10.9. The third-order valence-corrected chi connectivity index (χ3v) is 5.90. The van der Waals surface area contributed by atoms with Crippen molar-refractivity contribution in [2.45, 2.75) is 75.2 Å². The Morgan fingerprint density at radius 2 is 1.80 bits per heavy atom. The van der Waals surface area contributed by atoms with Gasteiger partial charge in [0.2, 0.25) is 12.2 Å². The maximum absolute atomic E-state index is 12.5. The molecule has 0 saturated carbocycles. The molecule has 2 heterocycles. The molecule has 13 heteroatoms. The highest BCUT2D eigenvalue weighted by atomic mass is 16.7. The predicted octanol–water partition coefficient (Wildman–Crippen LogP) is -3.08. The van der Waals surface area contributed by atoms with Crippen LogP contribution < -0.4 is 10.1 Å². The van der Waals surface area contributed by atoms with Crippen molar-refractivity contribution in [3.63, 3.8) is 0 Å². The fourth-order valence-corrected chi connectivity index (χ4v) is 3.85. The highest BCUT2D eigenvalue weighted by Crippen LogP contribution is 2.32. The van der Waals surface area contributed by atoms with Crippen LogP contribution in [0.4, 0.5) is 0 Å². The minimum Gasteiger partial charge on any atom is -0.504 e. The fourth-order valence-electron chi connectivity index (χ4n) is 3.85. The van der Waals surface area contributed by atoms with Crippen LogP contribution in [-0.4, -0.2) is 115 Å². The average molecular weight is 501 g/mol. The highest BCUT2D eigenvalue weighted by Gasteiger charge is 2.46. The van der Waals surface area contributed by atoms with Crippen molar-refractivity contribution in [2.75, 3.05) is 6.61 Å². The summed E-state index contributed by atoms with van der Waals surface area (Å²) in [5, 5.41) is 81.5. The number of hydrogen-bond acceptors (Lipinski definition) is 12. The van der Waals surface area contributed by atoms with Crippen LogP contribution in [-0.2, 0) is 14.3 Å². The minimum absolute atomic E-state index is 0.0789. The van der Waals surface area contributed by atoms with Crippen molar-refractivity contribution in [1.82, 2.24) is 5.32 Å². The molecular weight excluding hydrogens is 470 g/mol. The van der Waals surface area contributed by atoms with E-state index in [1.807, 2.05) is 0 Å². The van der Waals surface area contributed by atoms with E-state index in [0.717, 1.165) is 0 Å². The molecule has 0 bridgehead atoms. The van der Waals surface area contributed by atoms with Crippen molar-refractivity contribution in [3.05, 3.63) is 29.3 Å². The largest absolute Gasteiger partial charge is 0.504 e. The molecule has 10 atom stereocenters. The quantitative estimate of drug-likeness (QED) is 0.170. The topological polar surface area (TPSA) is 219 Å². The molecule has 3 rings (SSSR count). The van der Waals surface area contributed by atoms with E-state index in [-0.39, 0.29) is 17.1 Å². The van der Waals surface area contributed by atoms with Crippen LogP contribution in [0.2, 0.25) is 0 Å². The third-order valence-electron chi connectivity index (χ3n) is 5.90. The van der Waals surface area contributed by atoms with Gasteiger partial charge in [0.15, 0.2) is 17.8 Å². The van der Waals surface area contributed by atoms with E-state index in [4.69, 9.17) is 19.3 Å². The summed E-state index contributed by atoms with van der Waals surface area (Å²) in [6.45, 7) is 2.19. The summed E-state index contributed by atoms with van der Waals surface area (Å²) in [5.74, 6) is -1.14. The van der Waals surface area contributed by atoms with Crippen molar-refractivity contribution < 1.29 is 59.9 Å². The van der Waals surface area contributed by atoms with Gasteiger partial charge in [-0.25, -0.2) is 0 Å². The van der Waals surface area contributed by atoms with Crippen LogP contribution in [0.25, 0.3) is 6.08 Å². The van der Waals surface area contributed by atoms with Gasteiger partial charge in [0, 0.05) is 5.57 Å². The Balaban J connectivity index is 1.65. The van der Waals surface area contributed by atoms with E-state index in [0.29, 0.717) is 5.56 Å². The molecule has 35 heavy (non-hydrogen) atoms. The third kappa shape index (κ3) is 5.91. The molecule has 1 aromatic rings. The van der Waals surface area contributed by atoms with Gasteiger partial charge in [-0.15, -0.1) is 0 Å². The van der Waals surface area contributed by atoms with Crippen molar-refractivity contribution >= 4 is 12.0 Å². The lowest BCUT2D eigenvalue weighted by Crippen LogP contribution is -2.64. The van der Waals surface area contributed by atoms with Crippen molar-refractivity contribution in [1.29, 1.82) is 0 Å². The van der Waals surface area contributed by atoms with Crippen molar-refractivity contribution in [2.24, 2.45) is 0 Å². The molecule has 2 fully saturated rings. The number of benzene rings is 1. The number of aromatic hydroxyl groups is 1. The molecule has 196 valence electrons. The zero-order valence-electron chi connectivity index (χ0n) is 19.0. The molecule has 1 aromatic carbocycles. The van der Waals surface area contributed by atoms with Crippen LogP contribution in [0.3, 0.4) is 0 Å². The molecule has 0 aliphatic carbocycles. The number of phenolic OH excluding ortho intramolecular Hbond substituents is 1. The first-order chi connectivity index (χ1) is 16.4. The van der Waals surface area contributed by atoms with Crippen LogP contribution in [0, 0.1) is 0 Å². The normalized spacial score (nSPS) is 36.6. The first-order valence-electron chi connectivity index (χ1n) is 10.9. The average Bonchev–Trinajstić information content (AvgIpc) is 3.09. The number of phenols is 1. The van der Waals surface area contributed by atoms with Gasteiger partial charge >= 0.3 is 0 Å². The predicted molar refractivity (Wildman–Crippen MR) is 117 cm³/mol. The van der Waals surface area contributed by atoms with Gasteiger partial charge in [-0.3, -0.25) is 4.79 Å². The summed E-state index contributed by atoms with van der Waals surface area (Å²) in [6, 6.07) is 2.74. The molecule has 0 aromatic heterocycles. The van der Waals surface area contributed by atoms with Gasteiger partial charge < -0.3 is 60.4 Å². The lowest BCUT2D eigenvalue weighted by Gasteiger charge is -2.40. The number of nitrogens with one attached hydrogen (secondary N) is 1. The Morgan fingerprint density at radius 1 is 1.11 bits per heavy atom. The van der Waals surface area contributed by atoms with Gasteiger partial charge in [0.05, 0.1) is 12.7 Å². The van der Waals surface area contributed by atoms with E-state index in [9.17, 15) is 40.5 Å². The lowest BCUT2D eigenvalue weighted by molar-refractivity contribution is -0.253. The summed E-state index contributed by atoms with van der Waals surface area (Å²) in [5.41, 5.74) is 0.493. The van der Waals surface area contributed by atoms with E-state index < -0.39 is 73.9 Å². The molecule has 1 unspecified atom stereocenters. The highest BCUT2D eigenvalue weighted by molar-refractivity contribution is 5.97. The van der Waals surface area contributed by atoms with Crippen molar-refractivity contribution in [3.8, 4) is 11.5 Å². The van der Waals surface area contributed by atoms with E-state index in [2.05, 4.69) is 5.32 Å². The second-order valence-electron chi connectivity index (χ2n) is 8.59. The molecule has 0 radical (unpaired) electrons. The zero-order valence-corrected chi connectivity index (χ0v) is 19.0. The Labute approximate surface area is 200 Å². The fraction of sp³-hybridized carbons (Fsp3) is 0.591. The Bertz CT molecular complexity index is 924. The van der Waals surface area contributed by atoms with Gasteiger partial charge in [0.1, 0.15) is 42.7 Å². The standard InChI is InChI=1S/C22H31NO12/c1-8(20(31)23-14-16(28)15(27)13(7-24)33-21(14)32)5-10-3-4-12(11(26)6-10)34-22-18(30)17(29)19(35-22)9(2)25/h3-6,9,13-19,21-22,24-30,32H,7H2,1-2H3,(H,23,31)/b8-5+/t9-,13+,14+,15+,16+,17-,18-,19+,21?,22+/m0/s1. The molecule has 2 aliphatic rings. The zero-order chi connectivity index (χ0) is 26.0. The molecular formula is C22H31NO12. The first-order valence-corrected chi connectivity index (χ1v) is 10.9. The van der Waals surface area contributed by atoms with Crippen LogP contribution >= 0.6 is 0 Å². The Morgan fingerprint density at radius 3 is 2.37 bits per heavy atom. The van der Waals surface area contributed by atoms with E-state index >= 15 is 0 Å². The SMILES string of the molecule is C/C(=C\c1ccc(O[C@@H]2O[C@H]([C@H](C)O)[C@@H](O)[C@@H]2O)c(O)c1)C(=O)N[C@H]1C(O)O[C@H](CO)[C@@H](O)[C@@H]1O. The number of ether oxygens (including phenoxy) is 3. The number of carbonyl (C=O) groups is 1.